The van der Waals surface area contributed by atoms with E-state index < -0.39 is 0 Å². The van der Waals surface area contributed by atoms with E-state index in [1.165, 1.54) is 0 Å². The number of nitrogens with zero attached hydrogens (tertiary/aromatic N) is 1. The average molecular weight is 305 g/mol. The highest BCUT2D eigenvalue weighted by Gasteiger charge is 2.21. The second kappa shape index (κ2) is 5.61. The fraction of sp³-hybridized carbons (Fsp3) is 0.200. The molecule has 1 aromatic heterocycles. The van der Waals surface area contributed by atoms with Gasteiger partial charge in [0.25, 0.3) is 5.91 Å². The van der Waals surface area contributed by atoms with E-state index in [0.717, 1.165) is 5.69 Å². The number of halogens is 1. The number of aromatic nitrogens is 1. The molecule has 0 aliphatic carbocycles. The molecule has 3 rings (SSSR count). The van der Waals surface area contributed by atoms with Gasteiger partial charge in [-0.05, 0) is 31.2 Å². The summed E-state index contributed by atoms with van der Waals surface area (Å²) in [5.41, 5.74) is 1.21. The summed E-state index contributed by atoms with van der Waals surface area (Å²) < 4.78 is 10.5. The molecule has 0 radical (unpaired) electrons. The molecule has 2 aromatic rings. The quantitative estimate of drug-likeness (QED) is 0.947. The predicted molar refractivity (Wildman–Crippen MR) is 77.7 cm³/mol. The number of fused-ring (bicyclic) bond motifs is 1. The molecule has 0 bridgehead atoms. The normalized spacial score (nSPS) is 13.8. The fourth-order valence-electron chi connectivity index (χ4n) is 2.08. The first-order valence-electron chi connectivity index (χ1n) is 6.46. The van der Waals surface area contributed by atoms with Gasteiger partial charge in [0.15, 0.2) is 11.5 Å². The van der Waals surface area contributed by atoms with Crippen LogP contribution < -0.4 is 14.8 Å². The second-order valence-corrected chi connectivity index (χ2v) is 5.05. The second-order valence-electron chi connectivity index (χ2n) is 4.64. The maximum absolute atomic E-state index is 12.3. The van der Waals surface area contributed by atoms with Gasteiger partial charge < -0.3 is 14.8 Å². The third-order valence-corrected chi connectivity index (χ3v) is 3.45. The SMILES string of the molecule is C[C@H](NC(=O)c1cc(Cl)c2c(c1)OCO2)c1ccccn1. The lowest BCUT2D eigenvalue weighted by atomic mass is 10.1. The van der Waals surface area contributed by atoms with Gasteiger partial charge in [0.1, 0.15) is 0 Å². The molecule has 1 N–H and O–H groups in total. The Balaban J connectivity index is 1.78. The standard InChI is InChI=1S/C15H13ClN2O3/c1-9(12-4-2-3-5-17-12)18-15(19)10-6-11(16)14-13(7-10)20-8-21-14/h2-7,9H,8H2,1H3,(H,18,19)/t9-/m0/s1. The molecule has 1 aliphatic rings. The van der Waals surface area contributed by atoms with E-state index in [1.807, 2.05) is 25.1 Å². The number of rotatable bonds is 3. The Morgan fingerprint density at radius 2 is 2.24 bits per heavy atom. The van der Waals surface area contributed by atoms with Crippen LogP contribution >= 0.6 is 11.6 Å². The maximum atomic E-state index is 12.3. The van der Waals surface area contributed by atoms with Gasteiger partial charge in [-0.3, -0.25) is 9.78 Å². The van der Waals surface area contributed by atoms with Crippen LogP contribution in [0.5, 0.6) is 11.5 Å². The van der Waals surface area contributed by atoms with Crippen LogP contribution in [0, 0.1) is 0 Å². The van der Waals surface area contributed by atoms with Crippen LogP contribution in [0.25, 0.3) is 0 Å². The maximum Gasteiger partial charge on any atom is 0.251 e. The van der Waals surface area contributed by atoms with E-state index in [1.54, 1.807) is 18.3 Å². The summed E-state index contributed by atoms with van der Waals surface area (Å²) in [5, 5.41) is 3.24. The molecule has 0 spiro atoms. The lowest BCUT2D eigenvalue weighted by molar-refractivity contribution is 0.0938. The minimum absolute atomic E-state index is 0.116. The molecule has 0 unspecified atom stereocenters. The van der Waals surface area contributed by atoms with Gasteiger partial charge in [-0.2, -0.15) is 0 Å². The van der Waals surface area contributed by atoms with Crippen molar-refractivity contribution in [2.24, 2.45) is 0 Å². The summed E-state index contributed by atoms with van der Waals surface area (Å²) in [6.45, 7) is 1.99. The Labute approximate surface area is 126 Å². The van der Waals surface area contributed by atoms with Crippen LogP contribution in [0.4, 0.5) is 0 Å². The molecule has 2 heterocycles. The number of hydrogen-bond donors (Lipinski definition) is 1. The Hall–Kier alpha value is -2.27. The van der Waals surface area contributed by atoms with Crippen molar-refractivity contribution in [1.82, 2.24) is 10.3 Å². The predicted octanol–water partition coefficient (Wildman–Crippen LogP) is 2.95. The number of carbonyl (C=O) groups excluding carboxylic acids is 1. The van der Waals surface area contributed by atoms with Crippen LogP contribution in [0.1, 0.15) is 29.0 Å². The van der Waals surface area contributed by atoms with Gasteiger partial charge in [0, 0.05) is 11.8 Å². The molecular weight excluding hydrogens is 292 g/mol. The highest BCUT2D eigenvalue weighted by atomic mass is 35.5. The Morgan fingerprint density at radius 1 is 1.38 bits per heavy atom. The van der Waals surface area contributed by atoms with Gasteiger partial charge in [-0.15, -0.1) is 0 Å². The molecule has 108 valence electrons. The fourth-order valence-corrected chi connectivity index (χ4v) is 2.35. The minimum atomic E-state index is -0.242. The lowest BCUT2D eigenvalue weighted by Crippen LogP contribution is -2.27. The lowest BCUT2D eigenvalue weighted by Gasteiger charge is -2.13. The van der Waals surface area contributed by atoms with Crippen LogP contribution in [-0.2, 0) is 0 Å². The molecule has 21 heavy (non-hydrogen) atoms. The Kier molecular flexibility index (Phi) is 3.66. The van der Waals surface area contributed by atoms with Crippen LogP contribution in [0.15, 0.2) is 36.5 Å². The zero-order valence-corrected chi connectivity index (χ0v) is 12.1. The third-order valence-electron chi connectivity index (χ3n) is 3.17. The van der Waals surface area contributed by atoms with Crippen molar-refractivity contribution in [3.8, 4) is 11.5 Å². The van der Waals surface area contributed by atoms with Gasteiger partial charge in [-0.25, -0.2) is 0 Å². The van der Waals surface area contributed by atoms with Crippen LogP contribution in [-0.4, -0.2) is 17.7 Å². The number of nitrogens with one attached hydrogen (secondary N) is 1. The van der Waals surface area contributed by atoms with Crippen molar-refractivity contribution in [1.29, 1.82) is 0 Å². The van der Waals surface area contributed by atoms with Crippen molar-refractivity contribution in [3.05, 3.63) is 52.8 Å². The first kappa shape index (κ1) is 13.7. The largest absolute Gasteiger partial charge is 0.454 e. The number of pyridine rings is 1. The zero-order chi connectivity index (χ0) is 14.8. The van der Waals surface area contributed by atoms with Crippen LogP contribution in [0.2, 0.25) is 5.02 Å². The Morgan fingerprint density at radius 3 is 3.00 bits per heavy atom. The topological polar surface area (TPSA) is 60.5 Å². The molecule has 0 saturated heterocycles. The molecule has 0 fully saturated rings. The highest BCUT2D eigenvalue weighted by molar-refractivity contribution is 6.32. The van der Waals surface area contributed by atoms with Crippen molar-refractivity contribution in [3.63, 3.8) is 0 Å². The Bertz CT molecular complexity index is 676. The summed E-state index contributed by atoms with van der Waals surface area (Å²) in [6, 6.07) is 8.54. The minimum Gasteiger partial charge on any atom is -0.454 e. The van der Waals surface area contributed by atoms with E-state index >= 15 is 0 Å². The zero-order valence-electron chi connectivity index (χ0n) is 11.3. The number of hydrogen-bond acceptors (Lipinski definition) is 4. The average Bonchev–Trinajstić information content (AvgIpc) is 2.97. The van der Waals surface area contributed by atoms with Gasteiger partial charge in [-0.1, -0.05) is 17.7 Å². The third kappa shape index (κ3) is 2.78. The summed E-state index contributed by atoms with van der Waals surface area (Å²) in [4.78, 5) is 16.5. The van der Waals surface area contributed by atoms with Gasteiger partial charge in [0.05, 0.1) is 16.8 Å². The van der Waals surface area contributed by atoms with Crippen LogP contribution in [0.3, 0.4) is 0 Å². The smallest absolute Gasteiger partial charge is 0.251 e. The number of benzene rings is 1. The number of carbonyl (C=O) groups is 1. The van der Waals surface area contributed by atoms with Crippen molar-refractivity contribution < 1.29 is 14.3 Å². The summed E-state index contributed by atoms with van der Waals surface area (Å²) in [5.74, 6) is 0.720. The summed E-state index contributed by atoms with van der Waals surface area (Å²) >= 11 is 6.08. The number of ether oxygens (including phenoxy) is 2. The van der Waals surface area contributed by atoms with E-state index in [4.69, 9.17) is 21.1 Å². The first-order valence-corrected chi connectivity index (χ1v) is 6.84. The van der Waals surface area contributed by atoms with E-state index in [0.29, 0.717) is 22.1 Å². The molecule has 1 aromatic carbocycles. The first-order chi connectivity index (χ1) is 10.1. The molecule has 0 saturated carbocycles. The van der Waals surface area contributed by atoms with E-state index in [-0.39, 0.29) is 18.7 Å². The molecule has 1 atom stereocenters. The molecule has 1 amide bonds. The van der Waals surface area contributed by atoms with E-state index in [9.17, 15) is 4.79 Å². The summed E-state index contributed by atoms with van der Waals surface area (Å²) in [6.07, 6.45) is 1.69. The van der Waals surface area contributed by atoms with Crippen molar-refractivity contribution in [2.45, 2.75) is 13.0 Å². The molecule has 6 heteroatoms. The summed E-state index contributed by atoms with van der Waals surface area (Å²) in [7, 11) is 0. The molecular formula is C15H13ClN2O3. The monoisotopic (exact) mass is 304 g/mol. The van der Waals surface area contributed by atoms with E-state index in [2.05, 4.69) is 10.3 Å². The highest BCUT2D eigenvalue weighted by Crippen LogP contribution is 2.39. The van der Waals surface area contributed by atoms with Crippen molar-refractivity contribution >= 4 is 17.5 Å². The number of amides is 1. The molecule has 5 nitrogen and oxygen atoms in total. The van der Waals surface area contributed by atoms with Gasteiger partial charge in [0.2, 0.25) is 6.79 Å². The van der Waals surface area contributed by atoms with Crippen molar-refractivity contribution in [2.75, 3.05) is 6.79 Å². The molecule has 1 aliphatic heterocycles. The van der Waals surface area contributed by atoms with Gasteiger partial charge >= 0.3 is 0 Å².